The summed E-state index contributed by atoms with van der Waals surface area (Å²) in [5.74, 6) is -1.08. The highest BCUT2D eigenvalue weighted by Crippen LogP contribution is 2.46. The number of carbonyl (C=O) groups excluding carboxylic acids is 2. The average Bonchev–Trinajstić information content (AvgIpc) is 3.56. The minimum absolute atomic E-state index is 0.0407. The first-order chi connectivity index (χ1) is 23.6. The first-order valence-corrected chi connectivity index (χ1v) is 17.5. The lowest BCUT2D eigenvalue weighted by molar-refractivity contribution is -0.142. The minimum Gasteiger partial charge on any atom is -0.466 e. The SMILES string of the molecule is CCOC(=O)Cc1csc(CCc2ccc(N3C(=O)[C@H](CC[C@H](O)c4ccc(F)cc4)[C@H]3c3ccc(CCC(O)(CO)CO)cc3)cc2)n1. The summed E-state index contributed by atoms with van der Waals surface area (Å²) in [4.78, 5) is 31.8. The van der Waals surface area contributed by atoms with Crippen molar-refractivity contribution in [2.75, 3.05) is 24.7 Å². The van der Waals surface area contributed by atoms with Crippen LogP contribution in [0.5, 0.6) is 0 Å². The number of thiazole rings is 1. The summed E-state index contributed by atoms with van der Waals surface area (Å²) in [6.45, 7) is 1.05. The van der Waals surface area contributed by atoms with Gasteiger partial charge in [0.25, 0.3) is 0 Å². The average molecular weight is 691 g/mol. The number of hydrogen-bond donors (Lipinski definition) is 4. The second-order valence-electron chi connectivity index (χ2n) is 12.6. The number of benzene rings is 3. The van der Waals surface area contributed by atoms with Gasteiger partial charge in [0.2, 0.25) is 5.91 Å². The molecule has 5 rings (SSSR count). The lowest BCUT2D eigenvalue weighted by Crippen LogP contribution is -2.55. The molecule has 1 aromatic heterocycles. The maximum absolute atomic E-state index is 13.7. The van der Waals surface area contributed by atoms with Gasteiger partial charge in [0.15, 0.2) is 0 Å². The highest BCUT2D eigenvalue weighted by Gasteiger charge is 2.48. The Morgan fingerprint density at radius 3 is 2.29 bits per heavy atom. The molecule has 11 heteroatoms. The standard InChI is InChI=1S/C38H43FN2O7S/c1-2-48-35(45)21-30-22-49-34(40-30)18-7-25-5-14-31(15-6-25)41-36(28-8-3-26(4-9-28)19-20-38(47,23-42)24-43)32(37(41)46)16-17-33(44)27-10-12-29(39)13-11-27/h3-6,8-15,22,32-33,36,42-44,47H,2,7,16-21,23-24H2,1H3/t32-,33+,36-/m1/s1. The molecule has 1 fully saturated rings. The topological polar surface area (TPSA) is 140 Å². The number of anilines is 1. The van der Waals surface area contributed by atoms with Crippen molar-refractivity contribution in [1.29, 1.82) is 0 Å². The molecule has 1 amide bonds. The third-order valence-corrected chi connectivity index (χ3v) is 10.0. The van der Waals surface area contributed by atoms with E-state index in [-0.39, 0.29) is 42.5 Å². The largest absolute Gasteiger partial charge is 0.466 e. The van der Waals surface area contributed by atoms with E-state index in [0.717, 1.165) is 40.2 Å². The van der Waals surface area contributed by atoms with E-state index in [1.165, 1.54) is 23.5 Å². The number of aromatic nitrogens is 1. The maximum atomic E-state index is 13.7. The number of amides is 1. The van der Waals surface area contributed by atoms with Gasteiger partial charge in [0, 0.05) is 17.5 Å². The molecule has 1 saturated heterocycles. The highest BCUT2D eigenvalue weighted by atomic mass is 32.1. The van der Waals surface area contributed by atoms with Gasteiger partial charge in [-0.05, 0) is 85.5 Å². The molecular formula is C38H43FN2O7S. The number of aliphatic hydroxyl groups is 4. The molecule has 0 unspecified atom stereocenters. The van der Waals surface area contributed by atoms with E-state index in [1.54, 1.807) is 24.0 Å². The van der Waals surface area contributed by atoms with Crippen LogP contribution in [-0.4, -0.2) is 62.7 Å². The molecule has 1 aliphatic heterocycles. The summed E-state index contributed by atoms with van der Waals surface area (Å²) in [7, 11) is 0. The number of ether oxygens (including phenoxy) is 1. The van der Waals surface area contributed by atoms with Crippen LogP contribution in [0, 0.1) is 11.7 Å². The van der Waals surface area contributed by atoms with Crippen LogP contribution in [-0.2, 0) is 40.0 Å². The monoisotopic (exact) mass is 690 g/mol. The van der Waals surface area contributed by atoms with Crippen molar-refractivity contribution >= 4 is 28.9 Å². The molecule has 0 aliphatic carbocycles. The predicted molar refractivity (Wildman–Crippen MR) is 184 cm³/mol. The molecule has 3 atom stereocenters. The Balaban J connectivity index is 1.28. The summed E-state index contributed by atoms with van der Waals surface area (Å²) in [5.41, 5.74) is 3.45. The number of β-lactam (4-membered cyclic amide) rings is 1. The molecule has 0 radical (unpaired) electrons. The summed E-state index contributed by atoms with van der Waals surface area (Å²) >= 11 is 1.52. The fourth-order valence-corrected chi connectivity index (χ4v) is 6.93. The van der Waals surface area contributed by atoms with Gasteiger partial charge in [-0.3, -0.25) is 9.59 Å². The number of aliphatic hydroxyl groups excluding tert-OH is 3. The number of nitrogens with zero attached hydrogens (tertiary/aromatic N) is 2. The Labute approximate surface area is 289 Å². The van der Waals surface area contributed by atoms with Crippen LogP contribution in [0.4, 0.5) is 10.1 Å². The van der Waals surface area contributed by atoms with Gasteiger partial charge >= 0.3 is 5.97 Å². The van der Waals surface area contributed by atoms with Crippen LogP contribution in [0.25, 0.3) is 0 Å². The lowest BCUT2D eigenvalue weighted by atomic mass is 9.78. The van der Waals surface area contributed by atoms with E-state index >= 15 is 0 Å². The fourth-order valence-electron chi connectivity index (χ4n) is 6.13. The minimum atomic E-state index is -1.55. The fraction of sp³-hybridized carbons (Fsp3) is 0.395. The normalized spacial score (nSPS) is 16.8. The summed E-state index contributed by atoms with van der Waals surface area (Å²) in [5, 5.41) is 42.7. The quantitative estimate of drug-likeness (QED) is 0.0893. The van der Waals surface area contributed by atoms with Crippen molar-refractivity contribution in [3.8, 4) is 0 Å². The smallest absolute Gasteiger partial charge is 0.311 e. The van der Waals surface area contributed by atoms with Crippen LogP contribution in [0.15, 0.2) is 78.2 Å². The van der Waals surface area contributed by atoms with Gasteiger partial charge < -0.3 is 30.1 Å². The molecule has 0 bridgehead atoms. The number of halogens is 1. The number of aryl methyl sites for hydroxylation is 3. The highest BCUT2D eigenvalue weighted by molar-refractivity contribution is 7.09. The lowest BCUT2D eigenvalue weighted by Gasteiger charge is -2.48. The molecule has 0 saturated carbocycles. The van der Waals surface area contributed by atoms with Crippen molar-refractivity contribution in [1.82, 2.24) is 4.98 Å². The zero-order chi connectivity index (χ0) is 35.0. The molecule has 0 spiro atoms. The van der Waals surface area contributed by atoms with Crippen LogP contribution >= 0.6 is 11.3 Å². The van der Waals surface area contributed by atoms with Gasteiger partial charge in [-0.25, -0.2) is 9.37 Å². The van der Waals surface area contributed by atoms with E-state index in [4.69, 9.17) is 4.74 Å². The van der Waals surface area contributed by atoms with Crippen molar-refractivity contribution in [2.45, 2.75) is 69.6 Å². The van der Waals surface area contributed by atoms with Gasteiger partial charge in [-0.15, -0.1) is 11.3 Å². The molecule has 4 N–H and O–H groups in total. The van der Waals surface area contributed by atoms with Gasteiger partial charge in [-0.1, -0.05) is 48.5 Å². The summed E-state index contributed by atoms with van der Waals surface area (Å²) in [6.07, 6.45) is 2.21. The van der Waals surface area contributed by atoms with E-state index in [1.807, 2.05) is 53.9 Å². The molecule has 260 valence electrons. The number of esters is 1. The number of rotatable bonds is 17. The maximum Gasteiger partial charge on any atom is 0.311 e. The number of carbonyl (C=O) groups is 2. The molecular weight excluding hydrogens is 647 g/mol. The van der Waals surface area contributed by atoms with Crippen LogP contribution in [0.1, 0.15) is 71.3 Å². The zero-order valence-corrected chi connectivity index (χ0v) is 28.3. The Kier molecular flexibility index (Phi) is 12.3. The zero-order valence-electron chi connectivity index (χ0n) is 27.5. The van der Waals surface area contributed by atoms with Crippen molar-refractivity contribution in [3.63, 3.8) is 0 Å². The Morgan fingerprint density at radius 2 is 1.63 bits per heavy atom. The van der Waals surface area contributed by atoms with Crippen LogP contribution < -0.4 is 4.90 Å². The van der Waals surface area contributed by atoms with E-state index in [2.05, 4.69) is 4.98 Å². The van der Waals surface area contributed by atoms with E-state index in [0.29, 0.717) is 37.1 Å². The van der Waals surface area contributed by atoms with Crippen LogP contribution in [0.3, 0.4) is 0 Å². The Hall–Kier alpha value is -4.00. The first-order valence-electron chi connectivity index (χ1n) is 16.6. The molecule has 49 heavy (non-hydrogen) atoms. The molecule has 3 aromatic carbocycles. The summed E-state index contributed by atoms with van der Waals surface area (Å²) < 4.78 is 18.4. The second kappa shape index (κ2) is 16.6. The van der Waals surface area contributed by atoms with Gasteiger partial charge in [0.1, 0.15) is 11.4 Å². The molecule has 1 aliphatic rings. The predicted octanol–water partition coefficient (Wildman–Crippen LogP) is 5.04. The van der Waals surface area contributed by atoms with Crippen molar-refractivity contribution in [3.05, 3.63) is 117 Å². The molecule has 2 heterocycles. The van der Waals surface area contributed by atoms with Gasteiger partial charge in [-0.2, -0.15) is 0 Å². The van der Waals surface area contributed by atoms with Gasteiger partial charge in [0.05, 0.1) is 55.0 Å². The van der Waals surface area contributed by atoms with Crippen molar-refractivity contribution < 1.29 is 39.1 Å². The molecule has 4 aromatic rings. The van der Waals surface area contributed by atoms with Crippen molar-refractivity contribution in [2.24, 2.45) is 5.92 Å². The third-order valence-electron chi connectivity index (χ3n) is 9.08. The Morgan fingerprint density at radius 1 is 0.980 bits per heavy atom. The first kappa shape index (κ1) is 36.3. The summed E-state index contributed by atoms with van der Waals surface area (Å²) in [6, 6.07) is 21.1. The third kappa shape index (κ3) is 9.17. The van der Waals surface area contributed by atoms with E-state index < -0.39 is 24.9 Å². The second-order valence-corrected chi connectivity index (χ2v) is 13.5. The van der Waals surface area contributed by atoms with Crippen LogP contribution in [0.2, 0.25) is 0 Å². The Bertz CT molecular complexity index is 1670. The molecule has 9 nitrogen and oxygen atoms in total. The van der Waals surface area contributed by atoms with E-state index in [9.17, 15) is 34.4 Å². The number of hydrogen-bond acceptors (Lipinski definition) is 9.